The standard InChI is InChI=1S/C17H15BrN4O2/c1-12-15(8-20-22(12)9-13-3-2-6-19-7-13)16(23)11-21-10-14(18)4-5-17(21)24/h2-8,10H,9,11H2,1H3. The Morgan fingerprint density at radius 2 is 2.08 bits per heavy atom. The predicted molar refractivity (Wildman–Crippen MR) is 93.0 cm³/mol. The van der Waals surface area contributed by atoms with Crippen molar-refractivity contribution in [1.82, 2.24) is 19.3 Å². The summed E-state index contributed by atoms with van der Waals surface area (Å²) < 4.78 is 3.89. The summed E-state index contributed by atoms with van der Waals surface area (Å²) in [6.45, 7) is 2.38. The maximum atomic E-state index is 12.5. The first-order valence-electron chi connectivity index (χ1n) is 7.35. The zero-order valence-electron chi connectivity index (χ0n) is 13.0. The third-order valence-electron chi connectivity index (χ3n) is 3.72. The van der Waals surface area contributed by atoms with Gasteiger partial charge in [-0.2, -0.15) is 5.10 Å². The number of carbonyl (C=O) groups excluding carboxylic acids is 1. The molecule has 0 spiro atoms. The molecule has 3 aromatic rings. The summed E-state index contributed by atoms with van der Waals surface area (Å²) >= 11 is 3.30. The summed E-state index contributed by atoms with van der Waals surface area (Å²) in [5.41, 5.74) is 2.08. The molecule has 3 heterocycles. The number of carbonyl (C=O) groups is 1. The molecule has 0 aliphatic carbocycles. The van der Waals surface area contributed by atoms with Crippen molar-refractivity contribution in [3.63, 3.8) is 0 Å². The molecular formula is C17H15BrN4O2. The highest BCUT2D eigenvalue weighted by Gasteiger charge is 2.15. The van der Waals surface area contributed by atoms with Crippen molar-refractivity contribution in [2.45, 2.75) is 20.0 Å². The Hall–Kier alpha value is -2.54. The van der Waals surface area contributed by atoms with Gasteiger partial charge in [0.1, 0.15) is 0 Å². The average molecular weight is 387 g/mol. The Kier molecular flexibility index (Phi) is 4.71. The van der Waals surface area contributed by atoms with Crippen molar-refractivity contribution in [3.05, 3.63) is 80.7 Å². The van der Waals surface area contributed by atoms with Gasteiger partial charge in [0, 0.05) is 34.8 Å². The minimum atomic E-state index is -0.216. The molecule has 24 heavy (non-hydrogen) atoms. The van der Waals surface area contributed by atoms with E-state index in [-0.39, 0.29) is 17.9 Å². The number of hydrogen-bond donors (Lipinski definition) is 0. The Morgan fingerprint density at radius 1 is 1.25 bits per heavy atom. The first kappa shape index (κ1) is 16.3. The van der Waals surface area contributed by atoms with Gasteiger partial charge in [-0.1, -0.05) is 6.07 Å². The molecule has 0 N–H and O–H groups in total. The maximum Gasteiger partial charge on any atom is 0.251 e. The number of halogens is 1. The molecule has 0 fully saturated rings. The summed E-state index contributed by atoms with van der Waals surface area (Å²) in [5.74, 6) is -0.148. The molecule has 0 radical (unpaired) electrons. The second-order valence-electron chi connectivity index (χ2n) is 5.40. The van der Waals surface area contributed by atoms with E-state index in [0.29, 0.717) is 12.1 Å². The van der Waals surface area contributed by atoms with Gasteiger partial charge < -0.3 is 4.57 Å². The summed E-state index contributed by atoms with van der Waals surface area (Å²) in [4.78, 5) is 28.4. The predicted octanol–water partition coefficient (Wildman–Crippen LogP) is 2.44. The molecule has 0 atom stereocenters. The minimum absolute atomic E-state index is 0.0162. The van der Waals surface area contributed by atoms with Crippen molar-refractivity contribution in [1.29, 1.82) is 0 Å². The van der Waals surface area contributed by atoms with E-state index in [2.05, 4.69) is 26.0 Å². The molecule has 0 saturated heterocycles. The molecule has 6 nitrogen and oxygen atoms in total. The summed E-state index contributed by atoms with van der Waals surface area (Å²) in [6, 6.07) is 6.90. The van der Waals surface area contributed by atoms with Gasteiger partial charge in [-0.25, -0.2) is 0 Å². The third kappa shape index (κ3) is 3.51. The first-order valence-corrected chi connectivity index (χ1v) is 8.14. The van der Waals surface area contributed by atoms with Crippen LogP contribution >= 0.6 is 15.9 Å². The highest BCUT2D eigenvalue weighted by molar-refractivity contribution is 9.10. The molecule has 7 heteroatoms. The Bertz CT molecular complexity index is 931. The fourth-order valence-electron chi connectivity index (χ4n) is 2.41. The van der Waals surface area contributed by atoms with E-state index in [0.717, 1.165) is 15.7 Å². The van der Waals surface area contributed by atoms with Crippen molar-refractivity contribution >= 4 is 21.7 Å². The van der Waals surface area contributed by atoms with Gasteiger partial charge in [0.2, 0.25) is 0 Å². The molecule has 0 aromatic carbocycles. The molecule has 0 unspecified atom stereocenters. The van der Waals surface area contributed by atoms with E-state index in [1.165, 1.54) is 10.6 Å². The van der Waals surface area contributed by atoms with Crippen LogP contribution in [0.4, 0.5) is 0 Å². The molecule has 0 amide bonds. The number of nitrogens with zero attached hydrogens (tertiary/aromatic N) is 4. The quantitative estimate of drug-likeness (QED) is 0.631. The maximum absolute atomic E-state index is 12.5. The van der Waals surface area contributed by atoms with Crippen molar-refractivity contribution in [2.75, 3.05) is 0 Å². The lowest BCUT2D eigenvalue weighted by Gasteiger charge is -2.07. The monoisotopic (exact) mass is 386 g/mol. The van der Waals surface area contributed by atoms with Crippen LogP contribution in [-0.4, -0.2) is 25.1 Å². The first-order chi connectivity index (χ1) is 11.5. The van der Waals surface area contributed by atoms with Gasteiger partial charge in [-0.15, -0.1) is 0 Å². The van der Waals surface area contributed by atoms with Crippen LogP contribution in [0.15, 0.2) is 58.3 Å². The van der Waals surface area contributed by atoms with E-state index < -0.39 is 0 Å². The Morgan fingerprint density at radius 3 is 2.83 bits per heavy atom. The fourth-order valence-corrected chi connectivity index (χ4v) is 2.79. The molecule has 0 aliphatic rings. The van der Waals surface area contributed by atoms with Crippen LogP contribution in [0.3, 0.4) is 0 Å². The van der Waals surface area contributed by atoms with Crippen LogP contribution in [0.5, 0.6) is 0 Å². The number of hydrogen-bond acceptors (Lipinski definition) is 4. The van der Waals surface area contributed by atoms with Gasteiger partial charge in [0.15, 0.2) is 5.78 Å². The normalized spacial score (nSPS) is 10.8. The number of pyridine rings is 2. The van der Waals surface area contributed by atoms with Crippen LogP contribution < -0.4 is 5.56 Å². The molecule has 3 rings (SSSR count). The number of rotatable bonds is 5. The largest absolute Gasteiger partial charge is 0.307 e. The van der Waals surface area contributed by atoms with Gasteiger partial charge in [0.05, 0.1) is 24.8 Å². The van der Waals surface area contributed by atoms with Crippen LogP contribution in [0.1, 0.15) is 21.6 Å². The Balaban J connectivity index is 1.81. The van der Waals surface area contributed by atoms with E-state index >= 15 is 0 Å². The van der Waals surface area contributed by atoms with Crippen LogP contribution in [0, 0.1) is 6.92 Å². The second kappa shape index (κ2) is 6.92. The zero-order valence-corrected chi connectivity index (χ0v) is 14.6. The van der Waals surface area contributed by atoms with E-state index in [4.69, 9.17) is 0 Å². The minimum Gasteiger partial charge on any atom is -0.307 e. The van der Waals surface area contributed by atoms with Crippen LogP contribution in [-0.2, 0) is 13.1 Å². The molecule has 3 aromatic heterocycles. The number of ketones is 1. The van der Waals surface area contributed by atoms with E-state index in [9.17, 15) is 9.59 Å². The van der Waals surface area contributed by atoms with Crippen LogP contribution in [0.2, 0.25) is 0 Å². The lowest BCUT2D eigenvalue weighted by atomic mass is 10.1. The van der Waals surface area contributed by atoms with Gasteiger partial charge in [-0.3, -0.25) is 19.3 Å². The van der Waals surface area contributed by atoms with Crippen molar-refractivity contribution in [3.8, 4) is 0 Å². The van der Waals surface area contributed by atoms with Crippen molar-refractivity contribution in [2.24, 2.45) is 0 Å². The van der Waals surface area contributed by atoms with Crippen molar-refractivity contribution < 1.29 is 4.79 Å². The third-order valence-corrected chi connectivity index (χ3v) is 4.19. The lowest BCUT2D eigenvalue weighted by molar-refractivity contribution is 0.0970. The molecule has 0 aliphatic heterocycles. The smallest absolute Gasteiger partial charge is 0.251 e. The number of aromatic nitrogens is 4. The molecule has 0 bridgehead atoms. The summed E-state index contributed by atoms with van der Waals surface area (Å²) in [7, 11) is 0. The Labute approximate surface area is 146 Å². The van der Waals surface area contributed by atoms with Gasteiger partial charge >= 0.3 is 0 Å². The summed E-state index contributed by atoms with van der Waals surface area (Å²) in [6.07, 6.45) is 6.64. The molecule has 122 valence electrons. The number of Topliss-reactive ketones (excluding diaryl/α,β-unsaturated/α-hetero) is 1. The van der Waals surface area contributed by atoms with E-state index in [1.54, 1.807) is 35.5 Å². The second-order valence-corrected chi connectivity index (χ2v) is 6.31. The highest BCUT2D eigenvalue weighted by atomic mass is 79.9. The zero-order chi connectivity index (χ0) is 17.1. The SMILES string of the molecule is Cc1c(C(=O)Cn2cc(Br)ccc2=O)cnn1Cc1cccnc1. The van der Waals surface area contributed by atoms with Crippen LogP contribution in [0.25, 0.3) is 0 Å². The van der Waals surface area contributed by atoms with E-state index in [1.807, 2.05) is 19.1 Å². The average Bonchev–Trinajstić information content (AvgIpc) is 2.93. The molecular weight excluding hydrogens is 372 g/mol. The fraction of sp³-hybridized carbons (Fsp3) is 0.176. The molecule has 0 saturated carbocycles. The summed E-state index contributed by atoms with van der Waals surface area (Å²) in [5, 5.41) is 4.29. The highest BCUT2D eigenvalue weighted by Crippen LogP contribution is 2.12. The topological polar surface area (TPSA) is 69.8 Å². The van der Waals surface area contributed by atoms with Gasteiger partial charge in [-0.05, 0) is 40.5 Å². The van der Waals surface area contributed by atoms with Gasteiger partial charge in [0.25, 0.3) is 5.56 Å². The lowest BCUT2D eigenvalue weighted by Crippen LogP contribution is -2.23.